The Hall–Kier alpha value is -2.73. The van der Waals surface area contributed by atoms with Crippen molar-refractivity contribution < 1.29 is 14.8 Å². The van der Waals surface area contributed by atoms with Crippen molar-refractivity contribution in [2.75, 3.05) is 6.61 Å². The Balaban J connectivity index is 1.85. The molecule has 0 spiro atoms. The molecular weight excluding hydrogens is 284 g/mol. The molecule has 6 nitrogen and oxygen atoms in total. The van der Waals surface area contributed by atoms with Gasteiger partial charge in [-0.15, -0.1) is 0 Å². The molecule has 0 aliphatic carbocycles. The van der Waals surface area contributed by atoms with Crippen molar-refractivity contribution in [2.24, 2.45) is 4.99 Å². The molecule has 0 fully saturated rings. The van der Waals surface area contributed by atoms with Crippen molar-refractivity contribution in [1.82, 2.24) is 0 Å². The van der Waals surface area contributed by atoms with E-state index in [1.54, 1.807) is 12.1 Å². The molecule has 0 unspecified atom stereocenters. The molecule has 22 heavy (non-hydrogen) atoms. The van der Waals surface area contributed by atoms with E-state index in [0.29, 0.717) is 5.90 Å². The Labute approximate surface area is 126 Å². The summed E-state index contributed by atoms with van der Waals surface area (Å²) in [7, 11) is 0. The Morgan fingerprint density at radius 2 is 1.82 bits per heavy atom. The fourth-order valence-electron chi connectivity index (χ4n) is 2.38. The minimum absolute atomic E-state index is 0.0199. The van der Waals surface area contributed by atoms with Gasteiger partial charge in [-0.25, -0.2) is 4.99 Å². The van der Waals surface area contributed by atoms with Gasteiger partial charge in [0.2, 0.25) is 5.90 Å². The van der Waals surface area contributed by atoms with E-state index in [1.165, 1.54) is 12.1 Å². The summed E-state index contributed by atoms with van der Waals surface area (Å²) < 4.78 is 5.86. The largest absolute Gasteiger partial charge is 0.467 e. The molecule has 2 aromatic rings. The first-order chi connectivity index (χ1) is 10.7. The van der Waals surface area contributed by atoms with Gasteiger partial charge < -0.3 is 9.84 Å². The number of non-ortho nitro benzene ring substituents is 1. The zero-order valence-electron chi connectivity index (χ0n) is 11.6. The topological polar surface area (TPSA) is 85.0 Å². The molecule has 1 heterocycles. The summed E-state index contributed by atoms with van der Waals surface area (Å²) in [6, 6.07) is 15.1. The number of rotatable bonds is 4. The Morgan fingerprint density at radius 3 is 2.41 bits per heavy atom. The normalized spacial score (nSPS) is 20.3. The first-order valence-corrected chi connectivity index (χ1v) is 6.84. The third kappa shape index (κ3) is 2.68. The smallest absolute Gasteiger partial charge is 0.269 e. The molecule has 0 radical (unpaired) electrons. The van der Waals surface area contributed by atoms with Gasteiger partial charge in [0, 0.05) is 17.7 Å². The monoisotopic (exact) mass is 298 g/mol. The molecule has 2 aromatic carbocycles. The van der Waals surface area contributed by atoms with Crippen molar-refractivity contribution in [1.29, 1.82) is 0 Å². The van der Waals surface area contributed by atoms with Gasteiger partial charge in [-0.05, 0) is 29.8 Å². The number of aliphatic hydroxyl groups is 1. The molecule has 1 N–H and O–H groups in total. The van der Waals surface area contributed by atoms with Crippen molar-refractivity contribution in [2.45, 2.75) is 12.1 Å². The number of benzene rings is 2. The summed E-state index contributed by atoms with van der Waals surface area (Å²) in [4.78, 5) is 14.7. The van der Waals surface area contributed by atoms with Crippen LogP contribution in [-0.2, 0) is 4.74 Å². The molecule has 0 amide bonds. The number of aliphatic imine (C=N–C) groups is 1. The van der Waals surface area contributed by atoms with E-state index in [1.807, 2.05) is 30.3 Å². The van der Waals surface area contributed by atoms with Gasteiger partial charge in [0.25, 0.3) is 5.69 Å². The van der Waals surface area contributed by atoms with Crippen molar-refractivity contribution in [3.63, 3.8) is 0 Å². The molecule has 112 valence electrons. The van der Waals surface area contributed by atoms with E-state index < -0.39 is 17.1 Å². The minimum Gasteiger partial charge on any atom is -0.467 e. The average molecular weight is 298 g/mol. The summed E-state index contributed by atoms with van der Waals surface area (Å²) in [5.74, 6) is 0.475. The van der Waals surface area contributed by atoms with Crippen LogP contribution < -0.4 is 0 Å². The fourth-order valence-corrected chi connectivity index (χ4v) is 2.38. The second-order valence-corrected chi connectivity index (χ2v) is 4.94. The van der Waals surface area contributed by atoms with Crippen LogP contribution in [0.25, 0.3) is 0 Å². The highest BCUT2D eigenvalue weighted by Crippen LogP contribution is 2.31. The molecule has 6 heteroatoms. The SMILES string of the molecule is O=[N+]([O-])c1ccc([C@@H]2OC(c3ccccc3)=N[C@H]2CO)cc1. The third-order valence-corrected chi connectivity index (χ3v) is 3.51. The van der Waals surface area contributed by atoms with E-state index in [2.05, 4.69) is 4.99 Å². The van der Waals surface area contributed by atoms with Gasteiger partial charge in [-0.3, -0.25) is 10.1 Å². The number of hydrogen-bond donors (Lipinski definition) is 1. The van der Waals surface area contributed by atoms with Crippen LogP contribution in [0.5, 0.6) is 0 Å². The van der Waals surface area contributed by atoms with Crippen LogP contribution in [0.15, 0.2) is 59.6 Å². The zero-order valence-corrected chi connectivity index (χ0v) is 11.6. The van der Waals surface area contributed by atoms with E-state index in [9.17, 15) is 15.2 Å². The molecule has 0 aromatic heterocycles. The fraction of sp³-hybridized carbons (Fsp3) is 0.188. The lowest BCUT2D eigenvalue weighted by Crippen LogP contribution is -2.17. The first kappa shape index (κ1) is 14.2. The van der Waals surface area contributed by atoms with Gasteiger partial charge in [0.05, 0.1) is 11.5 Å². The van der Waals surface area contributed by atoms with Gasteiger partial charge >= 0.3 is 0 Å². The summed E-state index contributed by atoms with van der Waals surface area (Å²) in [5.41, 5.74) is 1.61. The van der Waals surface area contributed by atoms with Gasteiger partial charge in [0.15, 0.2) is 6.10 Å². The second kappa shape index (κ2) is 5.95. The van der Waals surface area contributed by atoms with Gasteiger partial charge in [-0.2, -0.15) is 0 Å². The molecular formula is C16H14N2O4. The molecule has 1 aliphatic rings. The van der Waals surface area contributed by atoms with Crippen LogP contribution in [0.1, 0.15) is 17.2 Å². The maximum Gasteiger partial charge on any atom is 0.269 e. The quantitative estimate of drug-likeness (QED) is 0.694. The highest BCUT2D eigenvalue weighted by Gasteiger charge is 2.32. The Morgan fingerprint density at radius 1 is 1.14 bits per heavy atom. The number of nitro groups is 1. The Kier molecular flexibility index (Phi) is 3.84. The predicted molar refractivity (Wildman–Crippen MR) is 80.8 cm³/mol. The minimum atomic E-state index is -0.450. The third-order valence-electron chi connectivity index (χ3n) is 3.51. The number of aliphatic hydroxyl groups excluding tert-OH is 1. The molecule has 1 aliphatic heterocycles. The van der Waals surface area contributed by atoms with Crippen LogP contribution in [0.3, 0.4) is 0 Å². The van der Waals surface area contributed by atoms with E-state index in [0.717, 1.165) is 11.1 Å². The lowest BCUT2D eigenvalue weighted by molar-refractivity contribution is -0.384. The van der Waals surface area contributed by atoms with Crippen molar-refractivity contribution in [3.8, 4) is 0 Å². The summed E-state index contributed by atoms with van der Waals surface area (Å²) in [6.45, 7) is -0.155. The van der Waals surface area contributed by atoms with Crippen molar-refractivity contribution >= 4 is 11.6 Å². The van der Waals surface area contributed by atoms with Crippen LogP contribution in [-0.4, -0.2) is 28.6 Å². The maximum absolute atomic E-state index is 10.7. The molecule has 0 saturated carbocycles. The summed E-state index contributed by atoms with van der Waals surface area (Å²) in [6.07, 6.45) is -0.444. The van der Waals surface area contributed by atoms with E-state index in [4.69, 9.17) is 4.74 Å². The Bertz CT molecular complexity index is 698. The lowest BCUT2D eigenvalue weighted by Gasteiger charge is -2.16. The standard InChI is InChI=1S/C16H14N2O4/c19-10-14-15(11-6-8-13(9-7-11)18(20)21)22-16(17-14)12-4-2-1-3-5-12/h1-9,14-15,19H,10H2/t14-,15-/m0/s1. The lowest BCUT2D eigenvalue weighted by atomic mass is 10.0. The highest BCUT2D eigenvalue weighted by molar-refractivity contribution is 5.95. The number of nitrogens with zero attached hydrogens (tertiary/aromatic N) is 2. The second-order valence-electron chi connectivity index (χ2n) is 4.94. The van der Waals surface area contributed by atoms with Crippen molar-refractivity contribution in [3.05, 3.63) is 75.8 Å². The predicted octanol–water partition coefficient (Wildman–Crippen LogP) is 2.47. The molecule has 0 bridgehead atoms. The highest BCUT2D eigenvalue weighted by atomic mass is 16.6. The number of nitro benzene ring substituents is 1. The van der Waals surface area contributed by atoms with Crippen LogP contribution >= 0.6 is 0 Å². The maximum atomic E-state index is 10.7. The summed E-state index contributed by atoms with van der Waals surface area (Å²) >= 11 is 0. The molecule has 3 rings (SSSR count). The molecule has 0 saturated heterocycles. The van der Waals surface area contributed by atoms with Crippen LogP contribution in [0.4, 0.5) is 5.69 Å². The van der Waals surface area contributed by atoms with Gasteiger partial charge in [0.1, 0.15) is 6.04 Å². The molecule has 2 atom stereocenters. The van der Waals surface area contributed by atoms with Crippen LogP contribution in [0, 0.1) is 10.1 Å². The van der Waals surface area contributed by atoms with Crippen LogP contribution in [0.2, 0.25) is 0 Å². The summed E-state index contributed by atoms with van der Waals surface area (Å²) in [5, 5.41) is 20.2. The van der Waals surface area contributed by atoms with E-state index >= 15 is 0 Å². The number of hydrogen-bond acceptors (Lipinski definition) is 5. The van der Waals surface area contributed by atoms with Gasteiger partial charge in [-0.1, -0.05) is 18.2 Å². The van der Waals surface area contributed by atoms with E-state index in [-0.39, 0.29) is 12.3 Å². The zero-order chi connectivity index (χ0) is 15.5. The average Bonchev–Trinajstić information content (AvgIpc) is 3.00. The first-order valence-electron chi connectivity index (χ1n) is 6.84. The number of ether oxygens (including phenoxy) is 1.